The number of esters is 1. The summed E-state index contributed by atoms with van der Waals surface area (Å²) in [6, 6.07) is 0.531. The first-order valence-corrected chi connectivity index (χ1v) is 14.2. The van der Waals surface area contributed by atoms with E-state index in [2.05, 4.69) is 45.1 Å². The summed E-state index contributed by atoms with van der Waals surface area (Å²) >= 11 is 0. The van der Waals surface area contributed by atoms with Crippen molar-refractivity contribution in [1.29, 1.82) is 0 Å². The van der Waals surface area contributed by atoms with Crippen molar-refractivity contribution in [2.75, 3.05) is 14.1 Å². The second-order valence-electron chi connectivity index (χ2n) is 13.4. The number of ether oxygens (including phenoxy) is 1. The van der Waals surface area contributed by atoms with Crippen molar-refractivity contribution >= 4 is 11.9 Å². The Hall–Kier alpha value is -1.36. The molecular formula is C30H50N2O3. The second-order valence-corrected chi connectivity index (χ2v) is 13.4. The number of hydrogen-bond donors (Lipinski definition) is 1. The second kappa shape index (κ2) is 9.84. The molecule has 0 radical (unpaired) electrons. The fraction of sp³-hybridized carbons (Fsp3) is 0.867. The Bertz CT molecular complexity index is 849. The van der Waals surface area contributed by atoms with Gasteiger partial charge in [0.2, 0.25) is 5.91 Å². The maximum atomic E-state index is 12.6. The lowest BCUT2D eigenvalue weighted by atomic mass is 9.44. The van der Waals surface area contributed by atoms with Crippen LogP contribution in [0.25, 0.3) is 0 Å². The van der Waals surface area contributed by atoms with Crippen molar-refractivity contribution in [1.82, 2.24) is 10.2 Å². The van der Waals surface area contributed by atoms with Crippen LogP contribution in [0.3, 0.4) is 0 Å². The molecule has 4 saturated carbocycles. The van der Waals surface area contributed by atoms with Crippen molar-refractivity contribution in [3.8, 4) is 0 Å². The molecule has 1 amide bonds. The van der Waals surface area contributed by atoms with Gasteiger partial charge in [0.1, 0.15) is 6.10 Å². The summed E-state index contributed by atoms with van der Waals surface area (Å²) in [7, 11) is 4.48. The summed E-state index contributed by atoms with van der Waals surface area (Å²) in [5.41, 5.74) is 1.60. The number of rotatable bonds is 5. The number of carbonyl (C=O) groups excluding carboxylic acids is 2. The van der Waals surface area contributed by atoms with Crippen molar-refractivity contribution < 1.29 is 14.3 Å². The Morgan fingerprint density at radius 2 is 1.54 bits per heavy atom. The Labute approximate surface area is 213 Å². The van der Waals surface area contributed by atoms with Gasteiger partial charge >= 0.3 is 5.97 Å². The summed E-state index contributed by atoms with van der Waals surface area (Å²) in [5, 5.41) is 3.20. The van der Waals surface area contributed by atoms with Crippen molar-refractivity contribution in [3.63, 3.8) is 0 Å². The summed E-state index contributed by atoms with van der Waals surface area (Å²) in [5.74, 6) is 3.10. The zero-order chi connectivity index (χ0) is 25.7. The van der Waals surface area contributed by atoms with Crippen LogP contribution in [0.4, 0.5) is 0 Å². The number of nitrogens with zero attached hydrogens (tertiary/aromatic N) is 1. The monoisotopic (exact) mass is 486 g/mol. The number of allylic oxidation sites excluding steroid dienone is 1. The fourth-order valence-electron chi connectivity index (χ4n) is 9.50. The molecule has 0 aliphatic heterocycles. The van der Waals surface area contributed by atoms with Gasteiger partial charge in [-0.15, -0.1) is 0 Å². The quantitative estimate of drug-likeness (QED) is 0.407. The molecular weight excluding hydrogens is 436 g/mol. The van der Waals surface area contributed by atoms with E-state index in [1.165, 1.54) is 39.0 Å². The summed E-state index contributed by atoms with van der Waals surface area (Å²) in [4.78, 5) is 27.2. The molecule has 0 bridgehead atoms. The molecule has 0 aromatic rings. The highest BCUT2D eigenvalue weighted by molar-refractivity contribution is 5.88. The third-order valence-corrected chi connectivity index (χ3v) is 11.2. The minimum atomic E-state index is -0.227. The maximum absolute atomic E-state index is 12.6. The van der Waals surface area contributed by atoms with E-state index in [9.17, 15) is 9.59 Å². The molecule has 0 aromatic heterocycles. The number of amides is 1. The van der Waals surface area contributed by atoms with E-state index in [-0.39, 0.29) is 29.4 Å². The van der Waals surface area contributed by atoms with Crippen LogP contribution in [0.5, 0.6) is 0 Å². The number of hydrogen-bond acceptors (Lipinski definition) is 4. The predicted molar refractivity (Wildman–Crippen MR) is 141 cm³/mol. The molecule has 4 aliphatic carbocycles. The van der Waals surface area contributed by atoms with Crippen LogP contribution in [0.2, 0.25) is 0 Å². The first-order chi connectivity index (χ1) is 16.4. The smallest absolute Gasteiger partial charge is 0.302 e. The van der Waals surface area contributed by atoms with Crippen LogP contribution in [-0.4, -0.2) is 49.1 Å². The Kier molecular flexibility index (Phi) is 7.50. The first kappa shape index (κ1) is 26.7. The van der Waals surface area contributed by atoms with E-state index in [1.807, 2.05) is 13.8 Å². The van der Waals surface area contributed by atoms with E-state index in [0.29, 0.717) is 23.3 Å². The SMILES string of the molecule is CC(=O)OC1[C@@H](NC(=O)C=C(C)C)CC[C@@]2(C)[C@H]1CC[C@@H]1[C@@H]2CC[C@]2(C)[C@@H](C(C)N(C)C)CC[C@@H]12. The molecule has 1 N–H and O–H groups in total. The van der Waals surface area contributed by atoms with E-state index >= 15 is 0 Å². The van der Waals surface area contributed by atoms with Gasteiger partial charge in [-0.2, -0.15) is 0 Å². The molecule has 0 saturated heterocycles. The fourth-order valence-corrected chi connectivity index (χ4v) is 9.50. The molecule has 4 aliphatic rings. The van der Waals surface area contributed by atoms with Crippen LogP contribution in [0.15, 0.2) is 11.6 Å². The van der Waals surface area contributed by atoms with Gasteiger partial charge in [0, 0.05) is 25.0 Å². The van der Waals surface area contributed by atoms with Crippen LogP contribution in [-0.2, 0) is 14.3 Å². The van der Waals surface area contributed by atoms with Gasteiger partial charge in [0.05, 0.1) is 6.04 Å². The standard InChI is InChI=1S/C30H50N2O3/c1-18(2)17-27(34)31-26-14-16-30(6)24-13-15-29(5)22(19(3)32(7)8)11-12-23(29)21(24)9-10-25(30)28(26)35-20(4)33/h17,19,21-26,28H,9-16H2,1-8H3,(H,31,34)/t19?,21-,22+,23-,24-,25-,26-,28?,29+,30+/m0/s1. The van der Waals surface area contributed by atoms with Crippen LogP contribution in [0, 0.1) is 40.4 Å². The molecule has 0 spiro atoms. The molecule has 0 heterocycles. The maximum Gasteiger partial charge on any atom is 0.302 e. The van der Waals surface area contributed by atoms with Crippen LogP contribution < -0.4 is 5.32 Å². The van der Waals surface area contributed by atoms with Crippen LogP contribution in [0.1, 0.15) is 92.9 Å². The van der Waals surface area contributed by atoms with E-state index in [0.717, 1.165) is 42.6 Å². The first-order valence-electron chi connectivity index (χ1n) is 14.2. The molecule has 5 heteroatoms. The average Bonchev–Trinajstić information content (AvgIpc) is 3.11. The third-order valence-electron chi connectivity index (χ3n) is 11.2. The summed E-state index contributed by atoms with van der Waals surface area (Å²) < 4.78 is 6.03. The molecule has 0 aromatic carbocycles. The lowest BCUT2D eigenvalue weighted by molar-refractivity contribution is -0.180. The molecule has 10 atom stereocenters. The van der Waals surface area contributed by atoms with Crippen molar-refractivity contribution in [2.24, 2.45) is 40.4 Å². The van der Waals surface area contributed by atoms with Gasteiger partial charge in [-0.05, 0) is 121 Å². The molecule has 5 nitrogen and oxygen atoms in total. The minimum Gasteiger partial charge on any atom is -0.460 e. The van der Waals surface area contributed by atoms with Gasteiger partial charge in [0.25, 0.3) is 0 Å². The molecule has 198 valence electrons. The Balaban J connectivity index is 1.57. The highest BCUT2D eigenvalue weighted by Crippen LogP contribution is 2.68. The number of fused-ring (bicyclic) bond motifs is 5. The van der Waals surface area contributed by atoms with E-state index in [1.54, 1.807) is 6.08 Å². The Morgan fingerprint density at radius 3 is 2.17 bits per heavy atom. The molecule has 4 fully saturated rings. The van der Waals surface area contributed by atoms with E-state index in [4.69, 9.17) is 4.74 Å². The minimum absolute atomic E-state index is 0.0649. The zero-order valence-electron chi connectivity index (χ0n) is 23.5. The molecule has 4 rings (SSSR count). The Morgan fingerprint density at radius 1 is 0.914 bits per heavy atom. The summed E-state index contributed by atoms with van der Waals surface area (Å²) in [6.45, 7) is 12.9. The van der Waals surface area contributed by atoms with Gasteiger partial charge in [-0.25, -0.2) is 0 Å². The lowest BCUT2D eigenvalue weighted by Crippen LogP contribution is -2.62. The number of carbonyl (C=O) groups is 2. The van der Waals surface area contributed by atoms with Crippen molar-refractivity contribution in [3.05, 3.63) is 11.6 Å². The van der Waals surface area contributed by atoms with Crippen LogP contribution >= 0.6 is 0 Å². The summed E-state index contributed by atoms with van der Waals surface area (Å²) in [6.07, 6.45) is 11.1. The zero-order valence-corrected chi connectivity index (χ0v) is 23.5. The normalized spacial score (nSPS) is 43.4. The average molecular weight is 487 g/mol. The topological polar surface area (TPSA) is 58.6 Å². The van der Waals surface area contributed by atoms with E-state index < -0.39 is 0 Å². The number of nitrogens with one attached hydrogen (secondary N) is 1. The highest BCUT2D eigenvalue weighted by atomic mass is 16.5. The predicted octanol–water partition coefficient (Wildman–Crippen LogP) is 5.59. The molecule has 2 unspecified atom stereocenters. The third kappa shape index (κ3) is 4.71. The highest BCUT2D eigenvalue weighted by Gasteiger charge is 2.62. The van der Waals surface area contributed by atoms with Gasteiger partial charge in [0.15, 0.2) is 0 Å². The van der Waals surface area contributed by atoms with Crippen molar-refractivity contribution in [2.45, 2.75) is 111 Å². The largest absolute Gasteiger partial charge is 0.460 e. The molecule has 35 heavy (non-hydrogen) atoms. The van der Waals surface area contributed by atoms with Gasteiger partial charge in [-0.3, -0.25) is 9.59 Å². The van der Waals surface area contributed by atoms with Gasteiger partial charge < -0.3 is 15.0 Å². The lowest BCUT2D eigenvalue weighted by Gasteiger charge is -2.62. The van der Waals surface area contributed by atoms with Gasteiger partial charge in [-0.1, -0.05) is 19.4 Å².